The minimum absolute atomic E-state index is 0.0223. The minimum atomic E-state index is -0.654. The fourth-order valence-electron chi connectivity index (χ4n) is 9.66. The zero-order chi connectivity index (χ0) is 44.9. The lowest BCUT2D eigenvalue weighted by molar-refractivity contribution is -0.123. The monoisotopic (exact) mass is 876 g/mol. The molecule has 0 aromatic heterocycles. The molecular weight excluding hydrogens is 759 g/mol. The van der Waals surface area contributed by atoms with Crippen LogP contribution < -0.4 is 5.32 Å². The Labute approximate surface area is 391 Å². The van der Waals surface area contributed by atoms with Gasteiger partial charge >= 0.3 is 0 Å². The fourth-order valence-corrected chi connectivity index (χ4v) is 9.66. The van der Waals surface area contributed by atoms with Gasteiger partial charge in [0.25, 0.3) is 0 Å². The Bertz CT molecular complexity index is 819. The Kier molecular flexibility index (Phi) is 54.2. The van der Waals surface area contributed by atoms with Crippen LogP contribution in [0.3, 0.4) is 0 Å². The maximum Gasteiger partial charge on any atom is 0.220 e. The first-order valence-electron chi connectivity index (χ1n) is 29.2. The van der Waals surface area contributed by atoms with Crippen LogP contribution in [0.1, 0.15) is 348 Å². The van der Waals surface area contributed by atoms with Gasteiger partial charge in [0, 0.05) is 6.42 Å². The van der Waals surface area contributed by atoms with Crippen molar-refractivity contribution in [2.24, 2.45) is 0 Å². The number of aliphatic hydroxyl groups excluding tert-OH is 2. The standard InChI is InChI=1S/C58H117NO3/c1-3-5-7-9-11-13-15-17-19-21-22-23-24-25-26-27-28-29-30-31-32-33-34-35-36-37-38-40-42-44-46-48-50-52-54-58(62)59-56(55-60)57(61)53-51-49-47-45-43-41-39-20-18-16-14-12-10-8-6-4-2/h56-57,60-61H,3-55H2,1-2H3,(H,59,62)/t56-,57+/m0/s1. The second kappa shape index (κ2) is 54.7. The van der Waals surface area contributed by atoms with E-state index in [0.717, 1.165) is 25.7 Å². The lowest BCUT2D eigenvalue weighted by Gasteiger charge is -2.22. The van der Waals surface area contributed by atoms with Gasteiger partial charge in [-0.3, -0.25) is 4.79 Å². The number of carbonyl (C=O) groups excluding carboxylic acids is 1. The third kappa shape index (κ3) is 50.4. The highest BCUT2D eigenvalue weighted by atomic mass is 16.3. The first-order valence-corrected chi connectivity index (χ1v) is 29.2. The third-order valence-electron chi connectivity index (χ3n) is 14.1. The first kappa shape index (κ1) is 61.4. The van der Waals surface area contributed by atoms with Gasteiger partial charge in [-0.05, 0) is 12.8 Å². The second-order valence-corrected chi connectivity index (χ2v) is 20.4. The molecule has 372 valence electrons. The molecule has 0 rings (SSSR count). The van der Waals surface area contributed by atoms with Gasteiger partial charge in [-0.1, -0.05) is 328 Å². The molecule has 0 aliphatic carbocycles. The molecule has 0 heterocycles. The van der Waals surface area contributed by atoms with Gasteiger partial charge in [0.05, 0.1) is 18.8 Å². The van der Waals surface area contributed by atoms with E-state index >= 15 is 0 Å². The molecule has 62 heavy (non-hydrogen) atoms. The summed E-state index contributed by atoms with van der Waals surface area (Å²) in [6.07, 6.45) is 69.7. The van der Waals surface area contributed by atoms with Crippen molar-refractivity contribution in [1.82, 2.24) is 5.32 Å². The minimum Gasteiger partial charge on any atom is -0.394 e. The lowest BCUT2D eigenvalue weighted by atomic mass is 10.0. The second-order valence-electron chi connectivity index (χ2n) is 20.4. The molecule has 0 aliphatic rings. The van der Waals surface area contributed by atoms with Crippen LogP contribution in [0.25, 0.3) is 0 Å². The van der Waals surface area contributed by atoms with Gasteiger partial charge in [0.1, 0.15) is 0 Å². The highest BCUT2D eigenvalue weighted by molar-refractivity contribution is 5.76. The van der Waals surface area contributed by atoms with E-state index in [1.165, 1.54) is 295 Å². The van der Waals surface area contributed by atoms with E-state index in [0.29, 0.717) is 12.8 Å². The third-order valence-corrected chi connectivity index (χ3v) is 14.1. The van der Waals surface area contributed by atoms with Crippen LogP contribution in [0, 0.1) is 0 Å². The molecule has 0 spiro atoms. The molecular formula is C58H117NO3. The van der Waals surface area contributed by atoms with Crippen molar-refractivity contribution in [3.63, 3.8) is 0 Å². The summed E-state index contributed by atoms with van der Waals surface area (Å²) in [5.41, 5.74) is 0. The number of carbonyl (C=O) groups is 1. The van der Waals surface area contributed by atoms with Crippen LogP contribution in [0.2, 0.25) is 0 Å². The largest absolute Gasteiger partial charge is 0.394 e. The molecule has 0 saturated heterocycles. The van der Waals surface area contributed by atoms with Crippen LogP contribution in [0.4, 0.5) is 0 Å². The van der Waals surface area contributed by atoms with Gasteiger partial charge in [-0.2, -0.15) is 0 Å². The Hall–Kier alpha value is -0.610. The van der Waals surface area contributed by atoms with Gasteiger partial charge in [0.15, 0.2) is 0 Å². The number of aliphatic hydroxyl groups is 2. The number of rotatable bonds is 55. The smallest absolute Gasteiger partial charge is 0.220 e. The summed E-state index contributed by atoms with van der Waals surface area (Å²) >= 11 is 0. The van der Waals surface area contributed by atoms with E-state index < -0.39 is 12.1 Å². The fraction of sp³-hybridized carbons (Fsp3) is 0.983. The zero-order valence-electron chi connectivity index (χ0n) is 42.9. The molecule has 0 aromatic carbocycles. The summed E-state index contributed by atoms with van der Waals surface area (Å²) in [6.45, 7) is 4.40. The molecule has 0 fully saturated rings. The van der Waals surface area contributed by atoms with Crippen molar-refractivity contribution in [2.75, 3.05) is 6.61 Å². The van der Waals surface area contributed by atoms with Gasteiger partial charge in [-0.25, -0.2) is 0 Å². The van der Waals surface area contributed by atoms with Gasteiger partial charge in [0.2, 0.25) is 5.91 Å². The van der Waals surface area contributed by atoms with Gasteiger partial charge in [-0.15, -0.1) is 0 Å². The average molecular weight is 877 g/mol. The van der Waals surface area contributed by atoms with Crippen molar-refractivity contribution in [3.05, 3.63) is 0 Å². The molecule has 0 radical (unpaired) electrons. The molecule has 0 unspecified atom stereocenters. The van der Waals surface area contributed by atoms with E-state index in [-0.39, 0.29) is 12.5 Å². The summed E-state index contributed by atoms with van der Waals surface area (Å²) in [7, 11) is 0. The molecule has 0 aromatic rings. The van der Waals surface area contributed by atoms with Crippen molar-refractivity contribution < 1.29 is 15.0 Å². The maximum atomic E-state index is 12.5. The number of unbranched alkanes of at least 4 members (excludes halogenated alkanes) is 48. The summed E-state index contributed by atoms with van der Waals surface area (Å²) in [4.78, 5) is 12.5. The van der Waals surface area contributed by atoms with Crippen LogP contribution in [-0.2, 0) is 4.79 Å². The molecule has 0 aliphatic heterocycles. The summed E-state index contributed by atoms with van der Waals surface area (Å²) in [5, 5.41) is 23.3. The molecule has 4 heteroatoms. The first-order chi connectivity index (χ1) is 30.7. The molecule has 4 nitrogen and oxygen atoms in total. The predicted octanol–water partition coefficient (Wildman–Crippen LogP) is 19.1. The van der Waals surface area contributed by atoms with Crippen LogP contribution in [-0.4, -0.2) is 34.9 Å². The summed E-state index contributed by atoms with van der Waals surface area (Å²) in [6, 6.07) is -0.531. The van der Waals surface area contributed by atoms with Crippen molar-refractivity contribution in [3.8, 4) is 0 Å². The van der Waals surface area contributed by atoms with Gasteiger partial charge < -0.3 is 15.5 Å². The summed E-state index contributed by atoms with van der Waals surface area (Å²) < 4.78 is 0. The number of hydrogen-bond donors (Lipinski definition) is 3. The van der Waals surface area contributed by atoms with Crippen LogP contribution in [0.15, 0.2) is 0 Å². The predicted molar refractivity (Wildman–Crippen MR) is 276 cm³/mol. The Morgan fingerprint density at radius 1 is 0.323 bits per heavy atom. The average Bonchev–Trinajstić information content (AvgIpc) is 3.28. The molecule has 0 bridgehead atoms. The molecule has 2 atom stereocenters. The van der Waals surface area contributed by atoms with E-state index in [4.69, 9.17) is 0 Å². The topological polar surface area (TPSA) is 69.6 Å². The van der Waals surface area contributed by atoms with E-state index in [9.17, 15) is 15.0 Å². The Morgan fingerprint density at radius 3 is 0.726 bits per heavy atom. The molecule has 0 saturated carbocycles. The van der Waals surface area contributed by atoms with Crippen molar-refractivity contribution in [1.29, 1.82) is 0 Å². The number of hydrogen-bond acceptors (Lipinski definition) is 3. The Morgan fingerprint density at radius 2 is 0.516 bits per heavy atom. The molecule has 3 N–H and O–H groups in total. The van der Waals surface area contributed by atoms with Crippen molar-refractivity contribution in [2.45, 2.75) is 360 Å². The SMILES string of the molecule is CCCCCCCCCCCCCCCCCCCCCCCCCCCCCCCCCCCCC(=O)N[C@@H](CO)[C@H](O)CCCCCCCCCCCCCCCCCC. The normalized spacial score (nSPS) is 12.6. The van der Waals surface area contributed by atoms with E-state index in [1.54, 1.807) is 0 Å². The zero-order valence-corrected chi connectivity index (χ0v) is 42.9. The van der Waals surface area contributed by atoms with E-state index in [2.05, 4.69) is 19.2 Å². The van der Waals surface area contributed by atoms with Crippen molar-refractivity contribution >= 4 is 5.91 Å². The quantitative estimate of drug-likeness (QED) is 0.0533. The number of nitrogens with one attached hydrogen (secondary N) is 1. The lowest BCUT2D eigenvalue weighted by Crippen LogP contribution is -2.45. The van der Waals surface area contributed by atoms with Crippen LogP contribution in [0.5, 0.6) is 0 Å². The number of amides is 1. The highest BCUT2D eigenvalue weighted by Crippen LogP contribution is 2.19. The van der Waals surface area contributed by atoms with E-state index in [1.807, 2.05) is 0 Å². The van der Waals surface area contributed by atoms with Crippen LogP contribution >= 0.6 is 0 Å². The Balaban J connectivity index is 3.34. The maximum absolute atomic E-state index is 12.5. The molecule has 1 amide bonds. The summed E-state index contributed by atoms with van der Waals surface area (Å²) in [5.74, 6) is -0.0223. The highest BCUT2D eigenvalue weighted by Gasteiger charge is 2.20.